The van der Waals surface area contributed by atoms with Crippen LogP contribution in [0.5, 0.6) is 0 Å². The standard InChI is InChI=1S/C8H10ClN5O3S2/c1-5-6(18-13-10-5)7-11-12-8(19(9,15)16)14(7)3-4-17-2/h3-4H2,1-2H3. The molecule has 0 unspecified atom stereocenters. The minimum Gasteiger partial charge on any atom is -0.383 e. The molecule has 0 saturated heterocycles. The van der Waals surface area contributed by atoms with Crippen molar-refractivity contribution in [2.75, 3.05) is 13.7 Å². The van der Waals surface area contributed by atoms with E-state index in [2.05, 4.69) is 19.8 Å². The summed E-state index contributed by atoms with van der Waals surface area (Å²) in [5.41, 5.74) is 0.648. The van der Waals surface area contributed by atoms with E-state index in [4.69, 9.17) is 15.4 Å². The third-order valence-electron chi connectivity index (χ3n) is 2.31. The normalized spacial score (nSPS) is 11.9. The van der Waals surface area contributed by atoms with Crippen molar-refractivity contribution in [2.24, 2.45) is 0 Å². The van der Waals surface area contributed by atoms with Crippen molar-refractivity contribution >= 4 is 31.3 Å². The SMILES string of the molecule is COCCn1c(-c2snnc2C)nnc1S(=O)(=O)Cl. The van der Waals surface area contributed by atoms with Gasteiger partial charge in [0.05, 0.1) is 18.8 Å². The number of ether oxygens (including phenoxy) is 1. The minimum absolute atomic E-state index is 0.261. The van der Waals surface area contributed by atoms with E-state index in [0.29, 0.717) is 23.0 Å². The number of rotatable bonds is 5. The number of hydrogen-bond donors (Lipinski definition) is 0. The van der Waals surface area contributed by atoms with Gasteiger partial charge in [0, 0.05) is 17.8 Å². The van der Waals surface area contributed by atoms with Gasteiger partial charge in [0.1, 0.15) is 4.88 Å². The zero-order valence-corrected chi connectivity index (χ0v) is 12.5. The minimum atomic E-state index is -3.98. The molecule has 0 amide bonds. The maximum absolute atomic E-state index is 11.5. The molecule has 0 aliphatic carbocycles. The fraction of sp³-hybridized carbons (Fsp3) is 0.500. The number of nitrogens with zero attached hydrogens (tertiary/aromatic N) is 5. The fourth-order valence-electron chi connectivity index (χ4n) is 1.46. The molecular formula is C8H10ClN5O3S2. The van der Waals surface area contributed by atoms with Crippen molar-refractivity contribution in [3.05, 3.63) is 5.69 Å². The second-order valence-corrected chi connectivity index (χ2v) is 6.79. The monoisotopic (exact) mass is 323 g/mol. The topological polar surface area (TPSA) is 99.9 Å². The molecule has 0 bridgehead atoms. The van der Waals surface area contributed by atoms with Crippen LogP contribution in [0, 0.1) is 6.92 Å². The van der Waals surface area contributed by atoms with Gasteiger partial charge in [0.25, 0.3) is 14.2 Å². The highest BCUT2D eigenvalue weighted by Crippen LogP contribution is 2.26. The number of halogens is 1. The summed E-state index contributed by atoms with van der Waals surface area (Å²) in [4.78, 5) is 0.648. The van der Waals surface area contributed by atoms with Crippen molar-refractivity contribution in [1.29, 1.82) is 0 Å². The van der Waals surface area contributed by atoms with Gasteiger partial charge in [-0.15, -0.1) is 15.3 Å². The molecule has 0 atom stereocenters. The predicted molar refractivity (Wildman–Crippen MR) is 68.6 cm³/mol. The van der Waals surface area contributed by atoms with Gasteiger partial charge in [-0.1, -0.05) is 4.49 Å². The number of aromatic nitrogens is 5. The summed E-state index contributed by atoms with van der Waals surface area (Å²) in [5.74, 6) is 0.365. The van der Waals surface area contributed by atoms with Gasteiger partial charge in [0.2, 0.25) is 0 Å². The van der Waals surface area contributed by atoms with Gasteiger partial charge < -0.3 is 4.74 Å². The zero-order valence-electron chi connectivity index (χ0n) is 10.1. The largest absolute Gasteiger partial charge is 0.383 e. The van der Waals surface area contributed by atoms with Crippen LogP contribution in [0.2, 0.25) is 0 Å². The Morgan fingerprint density at radius 2 is 2.11 bits per heavy atom. The van der Waals surface area contributed by atoms with E-state index in [1.54, 1.807) is 6.92 Å². The molecule has 0 aliphatic heterocycles. The van der Waals surface area contributed by atoms with Crippen LogP contribution in [-0.4, -0.2) is 46.5 Å². The Balaban J connectivity index is 2.56. The van der Waals surface area contributed by atoms with E-state index < -0.39 is 9.05 Å². The summed E-state index contributed by atoms with van der Waals surface area (Å²) in [6.45, 7) is 2.32. The summed E-state index contributed by atoms with van der Waals surface area (Å²) >= 11 is 1.11. The van der Waals surface area contributed by atoms with Gasteiger partial charge >= 0.3 is 0 Å². The molecule has 0 fully saturated rings. The van der Waals surface area contributed by atoms with Crippen LogP contribution in [0.3, 0.4) is 0 Å². The molecule has 0 radical (unpaired) electrons. The van der Waals surface area contributed by atoms with Gasteiger partial charge in [0.15, 0.2) is 5.82 Å². The lowest BCUT2D eigenvalue weighted by molar-refractivity contribution is 0.185. The Kier molecular flexibility index (Phi) is 4.13. The number of aryl methyl sites for hydroxylation is 1. The van der Waals surface area contributed by atoms with Gasteiger partial charge in [-0.3, -0.25) is 4.57 Å². The van der Waals surface area contributed by atoms with Crippen molar-refractivity contribution in [3.63, 3.8) is 0 Å². The molecule has 19 heavy (non-hydrogen) atoms. The third-order valence-corrected chi connectivity index (χ3v) is 4.28. The van der Waals surface area contributed by atoms with Crippen molar-refractivity contribution in [2.45, 2.75) is 18.6 Å². The second kappa shape index (κ2) is 5.49. The predicted octanol–water partition coefficient (Wildman–Crippen LogP) is 0.679. The molecular weight excluding hydrogens is 314 g/mol. The lowest BCUT2D eigenvalue weighted by Gasteiger charge is -2.06. The van der Waals surface area contributed by atoms with Crippen LogP contribution in [-0.2, 0) is 20.3 Å². The number of hydrogen-bond acceptors (Lipinski definition) is 8. The summed E-state index contributed by atoms with van der Waals surface area (Å²) in [5, 5.41) is 11.0. The van der Waals surface area contributed by atoms with Crippen LogP contribution in [0.4, 0.5) is 0 Å². The average molecular weight is 324 g/mol. The van der Waals surface area contributed by atoms with Crippen molar-refractivity contribution < 1.29 is 13.2 Å². The Labute approximate surface area is 118 Å². The quantitative estimate of drug-likeness (QED) is 0.746. The van der Waals surface area contributed by atoms with E-state index in [1.807, 2.05) is 0 Å². The first-order chi connectivity index (χ1) is 8.95. The van der Waals surface area contributed by atoms with E-state index in [-0.39, 0.29) is 11.7 Å². The van der Waals surface area contributed by atoms with Crippen LogP contribution < -0.4 is 0 Å². The summed E-state index contributed by atoms with van der Waals surface area (Å²) < 4.78 is 33.0. The fourth-order valence-corrected chi connectivity index (χ4v) is 3.03. The average Bonchev–Trinajstić information content (AvgIpc) is 2.90. The molecule has 0 N–H and O–H groups in total. The van der Waals surface area contributed by atoms with Crippen molar-refractivity contribution in [3.8, 4) is 10.7 Å². The number of methoxy groups -OCH3 is 1. The Bertz CT molecular complexity index is 680. The lowest BCUT2D eigenvalue weighted by atomic mass is 10.4. The Morgan fingerprint density at radius 3 is 2.63 bits per heavy atom. The molecule has 8 nitrogen and oxygen atoms in total. The highest BCUT2D eigenvalue weighted by Gasteiger charge is 2.25. The maximum Gasteiger partial charge on any atom is 0.296 e. The molecule has 2 heterocycles. The molecule has 104 valence electrons. The van der Waals surface area contributed by atoms with Crippen LogP contribution in [0.25, 0.3) is 10.7 Å². The second-order valence-electron chi connectivity index (χ2n) is 3.58. The van der Waals surface area contributed by atoms with Crippen molar-refractivity contribution in [1.82, 2.24) is 24.4 Å². The first kappa shape index (κ1) is 14.3. The smallest absolute Gasteiger partial charge is 0.296 e. The highest BCUT2D eigenvalue weighted by atomic mass is 35.7. The Morgan fingerprint density at radius 1 is 1.37 bits per heavy atom. The molecule has 2 rings (SSSR count). The van der Waals surface area contributed by atoms with Gasteiger partial charge in [-0.25, -0.2) is 8.42 Å². The van der Waals surface area contributed by atoms with Gasteiger partial charge in [-0.05, 0) is 18.5 Å². The first-order valence-electron chi connectivity index (χ1n) is 5.11. The maximum atomic E-state index is 11.5. The molecule has 2 aromatic heterocycles. The molecule has 2 aromatic rings. The van der Waals surface area contributed by atoms with E-state index >= 15 is 0 Å². The van der Waals surface area contributed by atoms with E-state index in [9.17, 15) is 8.42 Å². The molecule has 0 saturated carbocycles. The van der Waals surface area contributed by atoms with Crippen LogP contribution >= 0.6 is 22.2 Å². The first-order valence-corrected chi connectivity index (χ1v) is 8.19. The molecule has 0 aliphatic rings. The molecule has 0 spiro atoms. The highest BCUT2D eigenvalue weighted by molar-refractivity contribution is 8.13. The summed E-state index contributed by atoms with van der Waals surface area (Å²) in [6.07, 6.45) is 0. The van der Waals surface area contributed by atoms with Crippen LogP contribution in [0.15, 0.2) is 5.16 Å². The summed E-state index contributed by atoms with van der Waals surface area (Å²) in [7, 11) is 2.87. The summed E-state index contributed by atoms with van der Waals surface area (Å²) in [6, 6.07) is 0. The molecule has 11 heteroatoms. The van der Waals surface area contributed by atoms with E-state index in [0.717, 1.165) is 11.5 Å². The molecule has 0 aromatic carbocycles. The van der Waals surface area contributed by atoms with Gasteiger partial charge in [-0.2, -0.15) is 0 Å². The van der Waals surface area contributed by atoms with Crippen LogP contribution in [0.1, 0.15) is 5.69 Å². The van der Waals surface area contributed by atoms with E-state index in [1.165, 1.54) is 11.7 Å². The Hall–Kier alpha value is -1.10. The zero-order chi connectivity index (χ0) is 14.0. The third kappa shape index (κ3) is 2.91. The lowest BCUT2D eigenvalue weighted by Crippen LogP contribution is -2.11.